The lowest BCUT2D eigenvalue weighted by atomic mass is 10.2. The molecule has 5 nitrogen and oxygen atoms in total. The van der Waals surface area contributed by atoms with Crippen LogP contribution in [0.5, 0.6) is 0 Å². The summed E-state index contributed by atoms with van der Waals surface area (Å²) in [6.45, 7) is 0.732. The molecular formula is C19H15ClN4OS. The molecule has 0 bridgehead atoms. The maximum atomic E-state index is 12.5. The Morgan fingerprint density at radius 2 is 2.08 bits per heavy atom. The Labute approximate surface area is 160 Å². The fourth-order valence-electron chi connectivity index (χ4n) is 2.42. The van der Waals surface area contributed by atoms with E-state index in [-0.39, 0.29) is 12.5 Å². The smallest absolute Gasteiger partial charge is 0.243 e. The highest BCUT2D eigenvalue weighted by atomic mass is 35.5. The highest BCUT2D eigenvalue weighted by Gasteiger charge is 2.15. The number of aromatic nitrogens is 1. The Balaban J connectivity index is 1.71. The van der Waals surface area contributed by atoms with Crippen LogP contribution in [0.15, 0.2) is 60.1 Å². The zero-order valence-corrected chi connectivity index (χ0v) is 15.3. The normalized spacial score (nSPS) is 10.2. The highest BCUT2D eigenvalue weighted by molar-refractivity contribution is 7.13. The number of carbonyl (C=O) groups excluding carboxylic acids is 1. The molecule has 0 spiro atoms. The maximum Gasteiger partial charge on any atom is 0.243 e. The first kappa shape index (κ1) is 17.9. The SMILES string of the molecule is N#Cc1ccc(NC(=O)CN(Cc2ccccc2)c2nccs2)cc1Cl. The minimum Gasteiger partial charge on any atom is -0.334 e. The van der Waals surface area contributed by atoms with Crippen LogP contribution in [0, 0.1) is 11.3 Å². The molecule has 0 radical (unpaired) electrons. The van der Waals surface area contributed by atoms with E-state index >= 15 is 0 Å². The number of benzene rings is 2. The van der Waals surface area contributed by atoms with Gasteiger partial charge in [0.15, 0.2) is 5.13 Å². The van der Waals surface area contributed by atoms with Gasteiger partial charge in [0.05, 0.1) is 17.1 Å². The van der Waals surface area contributed by atoms with Crippen LogP contribution in [0.25, 0.3) is 0 Å². The van der Waals surface area contributed by atoms with Crippen molar-refractivity contribution in [1.29, 1.82) is 5.26 Å². The maximum absolute atomic E-state index is 12.5. The summed E-state index contributed by atoms with van der Waals surface area (Å²) in [4.78, 5) is 18.7. The summed E-state index contributed by atoms with van der Waals surface area (Å²) < 4.78 is 0. The minimum atomic E-state index is -0.183. The van der Waals surface area contributed by atoms with Crippen molar-refractivity contribution in [3.8, 4) is 6.07 Å². The molecule has 26 heavy (non-hydrogen) atoms. The number of anilines is 2. The summed E-state index contributed by atoms with van der Waals surface area (Å²) in [6.07, 6.45) is 1.72. The number of amides is 1. The number of rotatable bonds is 6. The number of carbonyl (C=O) groups is 1. The number of nitrogens with zero attached hydrogens (tertiary/aromatic N) is 3. The second-order valence-corrected chi connectivity index (χ2v) is 6.79. The van der Waals surface area contributed by atoms with E-state index in [2.05, 4.69) is 10.3 Å². The standard InChI is InChI=1S/C19H15ClN4OS/c20-17-10-16(7-6-15(17)11-21)23-18(25)13-24(19-22-8-9-26-19)12-14-4-2-1-3-5-14/h1-10H,12-13H2,(H,23,25). The molecule has 0 aliphatic carbocycles. The minimum absolute atomic E-state index is 0.153. The molecule has 1 aromatic heterocycles. The first-order chi connectivity index (χ1) is 12.7. The zero-order chi connectivity index (χ0) is 18.4. The molecule has 0 unspecified atom stereocenters. The van der Waals surface area contributed by atoms with Crippen molar-refractivity contribution in [3.05, 3.63) is 76.3 Å². The van der Waals surface area contributed by atoms with Gasteiger partial charge in [-0.1, -0.05) is 41.9 Å². The second kappa shape index (κ2) is 8.48. The summed E-state index contributed by atoms with van der Waals surface area (Å²) in [5, 5.41) is 14.7. The van der Waals surface area contributed by atoms with E-state index in [1.807, 2.05) is 46.7 Å². The molecule has 2 aromatic carbocycles. The number of hydrogen-bond donors (Lipinski definition) is 1. The van der Waals surface area contributed by atoms with E-state index in [1.54, 1.807) is 24.4 Å². The first-order valence-corrected chi connectivity index (χ1v) is 9.09. The van der Waals surface area contributed by atoms with Crippen LogP contribution >= 0.6 is 22.9 Å². The fraction of sp³-hybridized carbons (Fsp3) is 0.105. The number of thiazole rings is 1. The fourth-order valence-corrected chi connectivity index (χ4v) is 3.29. The van der Waals surface area contributed by atoms with Crippen LogP contribution in [0.3, 0.4) is 0 Å². The van der Waals surface area contributed by atoms with Gasteiger partial charge in [-0.2, -0.15) is 5.26 Å². The lowest BCUT2D eigenvalue weighted by Gasteiger charge is -2.21. The average Bonchev–Trinajstić information content (AvgIpc) is 3.17. The number of halogens is 1. The lowest BCUT2D eigenvalue weighted by molar-refractivity contribution is -0.115. The Morgan fingerprint density at radius 1 is 1.27 bits per heavy atom. The largest absolute Gasteiger partial charge is 0.334 e. The van der Waals surface area contributed by atoms with Crippen LogP contribution in [-0.2, 0) is 11.3 Å². The molecule has 0 fully saturated rings. The van der Waals surface area contributed by atoms with Crippen molar-refractivity contribution in [3.63, 3.8) is 0 Å². The number of hydrogen-bond acceptors (Lipinski definition) is 5. The van der Waals surface area contributed by atoms with Crippen LogP contribution in [-0.4, -0.2) is 17.4 Å². The van der Waals surface area contributed by atoms with Gasteiger partial charge in [0.2, 0.25) is 5.91 Å². The van der Waals surface area contributed by atoms with Crippen molar-refractivity contribution in [1.82, 2.24) is 4.98 Å². The average molecular weight is 383 g/mol. The van der Waals surface area contributed by atoms with Gasteiger partial charge in [0.25, 0.3) is 0 Å². The third kappa shape index (κ3) is 4.60. The third-order valence-electron chi connectivity index (χ3n) is 3.61. The van der Waals surface area contributed by atoms with Crippen molar-refractivity contribution in [2.45, 2.75) is 6.54 Å². The van der Waals surface area contributed by atoms with Crippen LogP contribution in [0.4, 0.5) is 10.8 Å². The molecule has 7 heteroatoms. The van der Waals surface area contributed by atoms with Gasteiger partial charge in [-0.15, -0.1) is 11.3 Å². The first-order valence-electron chi connectivity index (χ1n) is 7.83. The molecule has 130 valence electrons. The Kier molecular flexibility index (Phi) is 5.84. The topological polar surface area (TPSA) is 69.0 Å². The van der Waals surface area contributed by atoms with Crippen molar-refractivity contribution in [2.75, 3.05) is 16.8 Å². The van der Waals surface area contributed by atoms with Crippen LogP contribution in [0.2, 0.25) is 5.02 Å². The Bertz CT molecular complexity index is 922. The summed E-state index contributed by atoms with van der Waals surface area (Å²) in [5.41, 5.74) is 2.02. The summed E-state index contributed by atoms with van der Waals surface area (Å²) in [7, 11) is 0. The predicted molar refractivity (Wildman–Crippen MR) is 104 cm³/mol. The van der Waals surface area contributed by atoms with E-state index in [9.17, 15) is 4.79 Å². The molecule has 0 aliphatic heterocycles. The van der Waals surface area contributed by atoms with Gasteiger partial charge in [-0.25, -0.2) is 4.98 Å². The molecule has 1 heterocycles. The van der Waals surface area contributed by atoms with Crippen molar-refractivity contribution < 1.29 is 4.79 Å². The Hall–Kier alpha value is -2.88. The van der Waals surface area contributed by atoms with Gasteiger partial charge in [-0.05, 0) is 23.8 Å². The zero-order valence-electron chi connectivity index (χ0n) is 13.7. The molecule has 0 atom stereocenters. The molecule has 3 rings (SSSR count). The molecule has 3 aromatic rings. The summed E-state index contributed by atoms with van der Waals surface area (Å²) >= 11 is 7.50. The van der Waals surface area contributed by atoms with E-state index in [4.69, 9.17) is 16.9 Å². The Morgan fingerprint density at radius 3 is 2.73 bits per heavy atom. The number of nitriles is 1. The molecule has 0 saturated carbocycles. The van der Waals surface area contributed by atoms with Crippen molar-refractivity contribution >= 4 is 39.7 Å². The van der Waals surface area contributed by atoms with Gasteiger partial charge in [0.1, 0.15) is 6.07 Å². The van der Waals surface area contributed by atoms with Crippen molar-refractivity contribution in [2.24, 2.45) is 0 Å². The van der Waals surface area contributed by atoms with Gasteiger partial charge >= 0.3 is 0 Å². The third-order valence-corrected chi connectivity index (χ3v) is 4.76. The molecule has 0 saturated heterocycles. The van der Waals surface area contributed by atoms with Gasteiger partial charge in [-0.3, -0.25) is 4.79 Å². The second-order valence-electron chi connectivity index (χ2n) is 5.51. The number of nitrogens with one attached hydrogen (secondary N) is 1. The quantitative estimate of drug-likeness (QED) is 0.689. The summed E-state index contributed by atoms with van der Waals surface area (Å²) in [5.74, 6) is -0.183. The van der Waals surface area contributed by atoms with Crippen LogP contribution < -0.4 is 10.2 Å². The molecule has 0 aliphatic rings. The molecule has 1 amide bonds. The predicted octanol–water partition coefficient (Wildman–Crippen LogP) is 4.31. The summed E-state index contributed by atoms with van der Waals surface area (Å²) in [6, 6.07) is 16.7. The monoisotopic (exact) mass is 382 g/mol. The highest BCUT2D eigenvalue weighted by Crippen LogP contribution is 2.22. The molecule has 1 N–H and O–H groups in total. The van der Waals surface area contributed by atoms with E-state index in [0.29, 0.717) is 22.8 Å². The molecular weight excluding hydrogens is 368 g/mol. The van der Waals surface area contributed by atoms with Gasteiger partial charge in [0, 0.05) is 23.8 Å². The van der Waals surface area contributed by atoms with Gasteiger partial charge < -0.3 is 10.2 Å². The van der Waals surface area contributed by atoms with E-state index < -0.39 is 0 Å². The van der Waals surface area contributed by atoms with E-state index in [0.717, 1.165) is 10.7 Å². The lowest BCUT2D eigenvalue weighted by Crippen LogP contribution is -2.32. The van der Waals surface area contributed by atoms with Crippen LogP contribution in [0.1, 0.15) is 11.1 Å². The van der Waals surface area contributed by atoms with E-state index in [1.165, 1.54) is 11.3 Å².